The van der Waals surface area contributed by atoms with E-state index in [1.165, 1.54) is 4.57 Å². The van der Waals surface area contributed by atoms with Crippen molar-refractivity contribution < 1.29 is 28.7 Å². The number of nitrogens with zero attached hydrogens (tertiary/aromatic N) is 1. The van der Waals surface area contributed by atoms with Crippen molar-refractivity contribution in [2.45, 2.75) is 45.1 Å². The van der Waals surface area contributed by atoms with Gasteiger partial charge in [0, 0.05) is 31.0 Å². The van der Waals surface area contributed by atoms with Gasteiger partial charge in [0.05, 0.1) is 5.52 Å². The van der Waals surface area contributed by atoms with E-state index in [2.05, 4.69) is 10.6 Å². The molecule has 0 fully saturated rings. The van der Waals surface area contributed by atoms with Gasteiger partial charge in [-0.1, -0.05) is 78.9 Å². The van der Waals surface area contributed by atoms with Crippen LogP contribution in [-0.4, -0.2) is 47.1 Å². The highest BCUT2D eigenvalue weighted by Crippen LogP contribution is 2.24. The van der Waals surface area contributed by atoms with Crippen molar-refractivity contribution in [3.05, 3.63) is 108 Å². The van der Waals surface area contributed by atoms with Gasteiger partial charge >= 0.3 is 12.1 Å². The first-order chi connectivity index (χ1) is 20.4. The van der Waals surface area contributed by atoms with Crippen molar-refractivity contribution in [2.75, 3.05) is 6.54 Å². The number of amides is 2. The highest BCUT2D eigenvalue weighted by molar-refractivity contribution is 5.98. The lowest BCUT2D eigenvalue weighted by atomic mass is 10.0. The second kappa shape index (κ2) is 14.6. The second-order valence-corrected chi connectivity index (χ2v) is 9.76. The van der Waals surface area contributed by atoms with Crippen molar-refractivity contribution in [1.29, 1.82) is 0 Å². The summed E-state index contributed by atoms with van der Waals surface area (Å²) in [5.74, 6) is -1.39. The van der Waals surface area contributed by atoms with Crippen LogP contribution in [0.25, 0.3) is 10.9 Å². The molecule has 4 N–H and O–H groups in total. The molecule has 10 heteroatoms. The average molecular weight is 571 g/mol. The van der Waals surface area contributed by atoms with E-state index in [1.54, 1.807) is 25.3 Å². The number of hydrogen-bond acceptors (Lipinski definition) is 7. The predicted octanol–water partition coefficient (Wildman–Crippen LogP) is 3.72. The van der Waals surface area contributed by atoms with Crippen molar-refractivity contribution in [2.24, 2.45) is 5.73 Å². The van der Waals surface area contributed by atoms with Crippen molar-refractivity contribution in [3.8, 4) is 0 Å². The van der Waals surface area contributed by atoms with Gasteiger partial charge < -0.3 is 25.8 Å². The van der Waals surface area contributed by atoms with Gasteiger partial charge in [-0.15, -0.1) is 0 Å². The number of carbonyl (C=O) groups excluding carboxylic acids is 4. The van der Waals surface area contributed by atoms with Gasteiger partial charge in [-0.05, 0) is 29.7 Å². The molecule has 0 aliphatic heterocycles. The largest absolute Gasteiger partial charge is 0.459 e. The first-order valence-corrected chi connectivity index (χ1v) is 13.7. The minimum Gasteiger partial charge on any atom is -0.459 e. The zero-order chi connectivity index (χ0) is 29.9. The topological polar surface area (TPSA) is 142 Å². The Morgan fingerprint density at radius 1 is 0.810 bits per heavy atom. The number of esters is 1. The van der Waals surface area contributed by atoms with Crippen LogP contribution < -0.4 is 16.4 Å². The van der Waals surface area contributed by atoms with Gasteiger partial charge in [-0.2, -0.15) is 0 Å². The Morgan fingerprint density at radius 3 is 2.05 bits per heavy atom. The fourth-order valence-electron chi connectivity index (χ4n) is 4.45. The van der Waals surface area contributed by atoms with Gasteiger partial charge in [0.1, 0.15) is 25.3 Å². The van der Waals surface area contributed by atoms with Crippen LogP contribution in [0.2, 0.25) is 0 Å². The van der Waals surface area contributed by atoms with E-state index in [9.17, 15) is 19.2 Å². The van der Waals surface area contributed by atoms with E-state index >= 15 is 0 Å². The Balaban J connectivity index is 1.50. The molecule has 0 bridgehead atoms. The Labute approximate surface area is 243 Å². The van der Waals surface area contributed by atoms with Crippen molar-refractivity contribution >= 4 is 34.8 Å². The third kappa shape index (κ3) is 8.05. The lowest BCUT2D eigenvalue weighted by molar-refractivity contribution is -0.149. The van der Waals surface area contributed by atoms with Gasteiger partial charge in [0.2, 0.25) is 5.91 Å². The van der Waals surface area contributed by atoms with E-state index in [1.807, 2.05) is 72.8 Å². The van der Waals surface area contributed by atoms with Crippen LogP contribution in [0, 0.1) is 0 Å². The van der Waals surface area contributed by atoms with Crippen LogP contribution in [0.4, 0.5) is 4.79 Å². The second-order valence-electron chi connectivity index (χ2n) is 9.76. The molecule has 0 radical (unpaired) electrons. The fraction of sp³-hybridized carbons (Fsp3) is 0.250. The van der Waals surface area contributed by atoms with Gasteiger partial charge in [-0.3, -0.25) is 14.2 Å². The summed E-state index contributed by atoms with van der Waals surface area (Å²) < 4.78 is 12.2. The standard InChI is InChI=1S/C32H34N4O6/c1-22(34-32(40)42-21-24-12-6-3-7-13-24)30(38)36-19-25(26-14-8-9-15-28(26)36)18-27(35-29(37)16-17-33)31(39)41-20-23-10-4-2-5-11-23/h2-15,19,22,27H,16-18,20-21,33H2,1H3,(H,34,40)(H,35,37). The number of rotatable bonds is 12. The van der Waals surface area contributed by atoms with E-state index in [-0.39, 0.29) is 38.5 Å². The van der Waals surface area contributed by atoms with Crippen LogP contribution >= 0.6 is 0 Å². The summed E-state index contributed by atoms with van der Waals surface area (Å²) >= 11 is 0. The van der Waals surface area contributed by atoms with Crippen LogP contribution in [0.3, 0.4) is 0 Å². The predicted molar refractivity (Wildman–Crippen MR) is 157 cm³/mol. The number of para-hydroxylation sites is 1. The van der Waals surface area contributed by atoms with Crippen molar-refractivity contribution in [1.82, 2.24) is 15.2 Å². The molecule has 218 valence electrons. The summed E-state index contributed by atoms with van der Waals surface area (Å²) in [6.45, 7) is 1.82. The summed E-state index contributed by atoms with van der Waals surface area (Å²) in [5, 5.41) is 6.02. The number of carbonyl (C=O) groups is 4. The maximum atomic E-state index is 13.4. The Kier molecular flexibility index (Phi) is 10.4. The normalized spacial score (nSPS) is 12.2. The molecule has 0 saturated carbocycles. The van der Waals surface area contributed by atoms with E-state index in [0.29, 0.717) is 11.1 Å². The molecular weight excluding hydrogens is 536 g/mol. The van der Waals surface area contributed by atoms with Gasteiger partial charge in [-0.25, -0.2) is 9.59 Å². The first-order valence-electron chi connectivity index (χ1n) is 13.7. The first kappa shape index (κ1) is 30.0. The summed E-state index contributed by atoms with van der Waals surface area (Å²) in [6, 6.07) is 23.7. The van der Waals surface area contributed by atoms with E-state index < -0.39 is 30.1 Å². The number of fused-ring (bicyclic) bond motifs is 1. The highest BCUT2D eigenvalue weighted by Gasteiger charge is 2.27. The minimum atomic E-state index is -1.01. The minimum absolute atomic E-state index is 0.0479. The number of nitrogens with one attached hydrogen (secondary N) is 2. The smallest absolute Gasteiger partial charge is 0.408 e. The highest BCUT2D eigenvalue weighted by atomic mass is 16.5. The molecule has 2 unspecified atom stereocenters. The summed E-state index contributed by atoms with van der Waals surface area (Å²) in [5.41, 5.74) is 8.40. The summed E-state index contributed by atoms with van der Waals surface area (Å²) in [4.78, 5) is 51.4. The number of benzene rings is 3. The van der Waals surface area contributed by atoms with E-state index in [0.717, 1.165) is 16.5 Å². The zero-order valence-corrected chi connectivity index (χ0v) is 23.3. The molecule has 1 aromatic heterocycles. The third-order valence-electron chi connectivity index (χ3n) is 6.59. The van der Waals surface area contributed by atoms with Crippen molar-refractivity contribution in [3.63, 3.8) is 0 Å². The Bertz CT molecular complexity index is 1520. The number of alkyl carbamates (subject to hydrolysis) is 1. The SMILES string of the molecule is CC(NC(=O)OCc1ccccc1)C(=O)n1cc(CC(NC(=O)CCN)C(=O)OCc2ccccc2)c2ccccc21. The number of hydrogen-bond donors (Lipinski definition) is 3. The molecule has 4 rings (SSSR count). The molecule has 3 aromatic carbocycles. The van der Waals surface area contributed by atoms with Crippen LogP contribution in [-0.2, 0) is 38.7 Å². The molecule has 0 aliphatic rings. The van der Waals surface area contributed by atoms with Gasteiger partial charge in [0.15, 0.2) is 0 Å². The monoisotopic (exact) mass is 570 g/mol. The van der Waals surface area contributed by atoms with Crippen LogP contribution in [0.5, 0.6) is 0 Å². The third-order valence-corrected chi connectivity index (χ3v) is 6.59. The molecule has 2 atom stereocenters. The molecule has 10 nitrogen and oxygen atoms in total. The molecular formula is C32H34N4O6. The maximum absolute atomic E-state index is 13.4. The van der Waals surface area contributed by atoms with Gasteiger partial charge in [0.25, 0.3) is 5.91 Å². The van der Waals surface area contributed by atoms with Crippen LogP contribution in [0.15, 0.2) is 91.1 Å². The zero-order valence-electron chi connectivity index (χ0n) is 23.3. The lowest BCUT2D eigenvalue weighted by Crippen LogP contribution is -2.43. The molecule has 0 saturated heterocycles. The number of nitrogens with two attached hydrogens (primary N) is 1. The average Bonchev–Trinajstić information content (AvgIpc) is 3.37. The van der Waals surface area contributed by atoms with E-state index in [4.69, 9.17) is 15.2 Å². The number of aromatic nitrogens is 1. The fourth-order valence-corrected chi connectivity index (χ4v) is 4.45. The molecule has 0 aliphatic carbocycles. The number of ether oxygens (including phenoxy) is 2. The summed E-state index contributed by atoms with van der Waals surface area (Å²) in [6.07, 6.45) is 1.02. The molecule has 0 spiro atoms. The molecule has 1 heterocycles. The van der Waals surface area contributed by atoms with Crippen LogP contribution in [0.1, 0.15) is 34.8 Å². The lowest BCUT2D eigenvalue weighted by Gasteiger charge is -2.18. The summed E-state index contributed by atoms with van der Waals surface area (Å²) in [7, 11) is 0. The molecule has 2 amide bonds. The quantitative estimate of drug-likeness (QED) is 0.221. The molecule has 42 heavy (non-hydrogen) atoms. The Hall–Kier alpha value is -4.96. The Morgan fingerprint density at radius 2 is 1.40 bits per heavy atom. The molecule has 4 aromatic rings. The maximum Gasteiger partial charge on any atom is 0.408 e.